The van der Waals surface area contributed by atoms with Crippen molar-refractivity contribution >= 4 is 0 Å². The summed E-state index contributed by atoms with van der Waals surface area (Å²) < 4.78 is 43.6. The van der Waals surface area contributed by atoms with Gasteiger partial charge in [-0.25, -0.2) is 0 Å². The van der Waals surface area contributed by atoms with Crippen LogP contribution in [0.15, 0.2) is 24.3 Å². The molecule has 1 aromatic rings. The average molecular weight is 355 g/mol. The summed E-state index contributed by atoms with van der Waals surface area (Å²) in [7, 11) is 0. The Labute approximate surface area is 148 Å². The lowest BCUT2D eigenvalue weighted by Gasteiger charge is -2.44. The van der Waals surface area contributed by atoms with Gasteiger partial charge in [0.15, 0.2) is 0 Å². The number of benzene rings is 1. The molecule has 0 radical (unpaired) electrons. The van der Waals surface area contributed by atoms with Gasteiger partial charge in [-0.15, -0.1) is 0 Å². The number of ether oxygens (including phenoxy) is 1. The summed E-state index contributed by atoms with van der Waals surface area (Å²) in [4.78, 5) is 2.48. The van der Waals surface area contributed by atoms with Gasteiger partial charge in [-0.3, -0.25) is 0 Å². The molecule has 1 aromatic carbocycles. The van der Waals surface area contributed by atoms with Gasteiger partial charge in [-0.2, -0.15) is 13.2 Å². The summed E-state index contributed by atoms with van der Waals surface area (Å²) in [6.07, 6.45) is 6.14. The molecule has 140 valence electrons. The molecule has 0 aromatic heterocycles. The molecular weight excluding hydrogens is 327 g/mol. The fourth-order valence-corrected chi connectivity index (χ4v) is 4.29. The minimum absolute atomic E-state index is 0.301. The van der Waals surface area contributed by atoms with E-state index in [1.165, 1.54) is 51.0 Å². The Morgan fingerprint density at radius 2 is 1.72 bits per heavy atom. The van der Waals surface area contributed by atoms with E-state index in [1.807, 2.05) is 0 Å². The van der Waals surface area contributed by atoms with Crippen LogP contribution in [-0.2, 0) is 6.18 Å². The van der Waals surface area contributed by atoms with Crippen molar-refractivity contribution in [1.82, 2.24) is 4.90 Å². The van der Waals surface area contributed by atoms with Crippen LogP contribution in [0.25, 0.3) is 0 Å². The normalized spacial score (nSPS) is 21.4. The van der Waals surface area contributed by atoms with Crippen LogP contribution >= 0.6 is 0 Å². The Hall–Kier alpha value is -1.23. The Kier molecular flexibility index (Phi) is 5.92. The van der Waals surface area contributed by atoms with Crippen LogP contribution in [-0.4, -0.2) is 31.1 Å². The van der Waals surface area contributed by atoms with Gasteiger partial charge < -0.3 is 9.64 Å². The minimum Gasteiger partial charge on any atom is -0.494 e. The fourth-order valence-electron chi connectivity index (χ4n) is 4.29. The summed E-state index contributed by atoms with van der Waals surface area (Å²) in [5, 5.41) is 0. The Morgan fingerprint density at radius 3 is 2.40 bits per heavy atom. The highest BCUT2D eigenvalue weighted by molar-refractivity contribution is 5.30. The fraction of sp³-hybridized carbons (Fsp3) is 0.700. The zero-order valence-corrected chi connectivity index (χ0v) is 14.8. The van der Waals surface area contributed by atoms with Crippen molar-refractivity contribution in [2.45, 2.75) is 57.5 Å². The number of piperidine rings is 1. The largest absolute Gasteiger partial charge is 0.494 e. The number of nitrogens with zero attached hydrogens (tertiary/aromatic N) is 1. The highest BCUT2D eigenvalue weighted by Gasteiger charge is 2.35. The maximum atomic E-state index is 12.7. The lowest BCUT2D eigenvalue weighted by molar-refractivity contribution is -0.137. The first kappa shape index (κ1) is 18.6. The molecule has 0 N–H and O–H groups in total. The lowest BCUT2D eigenvalue weighted by atomic mass is 9.68. The molecule has 1 heterocycles. The van der Waals surface area contributed by atoms with Crippen LogP contribution < -0.4 is 4.74 Å². The van der Waals surface area contributed by atoms with E-state index in [4.69, 9.17) is 4.74 Å². The second-order valence-corrected chi connectivity index (χ2v) is 7.63. The number of halogens is 3. The predicted octanol–water partition coefficient (Wildman–Crippen LogP) is 5.52. The van der Waals surface area contributed by atoms with Crippen molar-refractivity contribution < 1.29 is 17.9 Å². The molecule has 2 fully saturated rings. The topological polar surface area (TPSA) is 12.5 Å². The van der Waals surface area contributed by atoms with E-state index in [-0.39, 0.29) is 0 Å². The van der Waals surface area contributed by atoms with Crippen molar-refractivity contribution in [1.29, 1.82) is 0 Å². The minimum atomic E-state index is -4.32. The highest BCUT2D eigenvalue weighted by atomic mass is 19.4. The molecule has 3 rings (SSSR count). The zero-order chi connectivity index (χ0) is 17.8. The van der Waals surface area contributed by atoms with Crippen LogP contribution in [0.5, 0.6) is 5.75 Å². The van der Waals surface area contributed by atoms with Gasteiger partial charge in [-0.05, 0) is 68.8 Å². The average Bonchev–Trinajstić information content (AvgIpc) is 2.61. The Bertz CT molecular complexity index is 542. The first-order chi connectivity index (χ1) is 12.0. The zero-order valence-electron chi connectivity index (χ0n) is 14.8. The molecule has 0 bridgehead atoms. The van der Waals surface area contributed by atoms with Gasteiger partial charge in [0.2, 0.25) is 0 Å². The quantitative estimate of drug-likeness (QED) is 0.645. The molecule has 0 amide bonds. The maximum absolute atomic E-state index is 12.7. The molecule has 1 spiro atoms. The number of hydrogen-bond acceptors (Lipinski definition) is 2. The molecule has 5 heteroatoms. The Balaban J connectivity index is 1.37. The third-order valence-corrected chi connectivity index (χ3v) is 5.88. The summed E-state index contributed by atoms with van der Waals surface area (Å²) in [5.41, 5.74) is -0.0395. The first-order valence-corrected chi connectivity index (χ1v) is 9.49. The van der Waals surface area contributed by atoms with E-state index >= 15 is 0 Å². The third kappa shape index (κ3) is 5.13. The predicted molar refractivity (Wildman–Crippen MR) is 92.7 cm³/mol. The van der Waals surface area contributed by atoms with E-state index in [0.29, 0.717) is 17.8 Å². The lowest BCUT2D eigenvalue weighted by Crippen LogP contribution is -2.41. The molecule has 0 atom stereocenters. The maximum Gasteiger partial charge on any atom is 0.416 e. The molecule has 1 aliphatic carbocycles. The number of hydrogen-bond donors (Lipinski definition) is 0. The van der Waals surface area contributed by atoms with Gasteiger partial charge in [0, 0.05) is 6.54 Å². The number of likely N-dealkylation sites (tertiary alicyclic amines) is 1. The molecule has 1 saturated heterocycles. The van der Waals surface area contributed by atoms with Crippen LogP contribution in [0.1, 0.15) is 56.9 Å². The van der Waals surface area contributed by atoms with Crippen LogP contribution in [0, 0.1) is 5.41 Å². The first-order valence-electron chi connectivity index (χ1n) is 9.49. The number of rotatable bonds is 5. The van der Waals surface area contributed by atoms with Crippen molar-refractivity contribution in [3.63, 3.8) is 0 Å². The Morgan fingerprint density at radius 1 is 1.00 bits per heavy atom. The van der Waals surface area contributed by atoms with Crippen LogP contribution in [0.2, 0.25) is 0 Å². The third-order valence-electron chi connectivity index (χ3n) is 5.88. The molecule has 1 saturated carbocycles. The highest BCUT2D eigenvalue weighted by Crippen LogP contribution is 2.44. The monoisotopic (exact) mass is 355 g/mol. The van der Waals surface area contributed by atoms with Crippen molar-refractivity contribution in [3.05, 3.63) is 29.8 Å². The van der Waals surface area contributed by atoms with E-state index in [9.17, 15) is 13.2 Å². The van der Waals surface area contributed by atoms with Crippen molar-refractivity contribution in [2.24, 2.45) is 5.41 Å². The van der Waals surface area contributed by atoms with Crippen molar-refractivity contribution in [3.8, 4) is 5.75 Å². The van der Waals surface area contributed by atoms with E-state index in [1.54, 1.807) is 6.07 Å². The van der Waals surface area contributed by atoms with Gasteiger partial charge in [0.25, 0.3) is 0 Å². The molecule has 1 aliphatic heterocycles. The van der Waals surface area contributed by atoms with E-state index < -0.39 is 11.7 Å². The van der Waals surface area contributed by atoms with E-state index in [0.717, 1.165) is 38.2 Å². The molecule has 2 aliphatic rings. The van der Waals surface area contributed by atoms with Gasteiger partial charge in [0.1, 0.15) is 5.75 Å². The van der Waals surface area contributed by atoms with Crippen molar-refractivity contribution in [2.75, 3.05) is 26.2 Å². The van der Waals surface area contributed by atoms with Crippen LogP contribution in [0.3, 0.4) is 0 Å². The summed E-state index contributed by atoms with van der Waals surface area (Å²) in [6, 6.07) is 5.13. The number of alkyl halides is 3. The molecule has 2 nitrogen and oxygen atoms in total. The second-order valence-electron chi connectivity index (χ2n) is 7.63. The van der Waals surface area contributed by atoms with Crippen LogP contribution in [0.4, 0.5) is 13.2 Å². The molecular formula is C20H28F3NO. The van der Waals surface area contributed by atoms with E-state index in [2.05, 4.69) is 4.90 Å². The summed E-state index contributed by atoms with van der Waals surface area (Å²) in [6.45, 7) is 3.74. The second kappa shape index (κ2) is 7.98. The molecule has 25 heavy (non-hydrogen) atoms. The smallest absolute Gasteiger partial charge is 0.416 e. The summed E-state index contributed by atoms with van der Waals surface area (Å²) >= 11 is 0. The van der Waals surface area contributed by atoms with Gasteiger partial charge in [-0.1, -0.05) is 25.3 Å². The van der Waals surface area contributed by atoms with Gasteiger partial charge in [0.05, 0.1) is 12.2 Å². The molecule has 0 unspecified atom stereocenters. The summed E-state index contributed by atoms with van der Waals surface area (Å²) in [5.74, 6) is 0.301. The SMILES string of the molecule is FC(F)(F)c1cccc(OCCCN2CCC3(CCCCC3)CC2)c1. The van der Waals surface area contributed by atoms with Gasteiger partial charge >= 0.3 is 6.18 Å². The standard InChI is InChI=1S/C20H28F3NO/c21-20(22,23)17-6-4-7-18(16-17)25-15-5-12-24-13-10-19(11-14-24)8-2-1-3-9-19/h4,6-7,16H,1-3,5,8-15H2.